The fraction of sp³-hybridized carbons (Fsp3) is 0.231. The van der Waals surface area contributed by atoms with E-state index in [2.05, 4.69) is 10.3 Å². The summed E-state index contributed by atoms with van der Waals surface area (Å²) in [5.74, 6) is -1.17. The highest BCUT2D eigenvalue weighted by Crippen LogP contribution is 2.24. The van der Waals surface area contributed by atoms with Gasteiger partial charge in [-0.2, -0.15) is 0 Å². The minimum atomic E-state index is -0.722. The molecule has 7 heteroatoms. The van der Waals surface area contributed by atoms with Crippen LogP contribution in [-0.4, -0.2) is 23.1 Å². The molecule has 5 nitrogen and oxygen atoms in total. The second kappa shape index (κ2) is 5.98. The molecule has 2 rings (SSSR count). The lowest BCUT2D eigenvalue weighted by Gasteiger charge is -2.08. The monoisotopic (exact) mass is 296 g/mol. The molecule has 0 radical (unpaired) electrons. The first-order valence-electron chi connectivity index (χ1n) is 5.80. The van der Waals surface area contributed by atoms with Gasteiger partial charge in [0.25, 0.3) is 5.91 Å². The van der Waals surface area contributed by atoms with Crippen molar-refractivity contribution in [1.29, 1.82) is 0 Å². The van der Waals surface area contributed by atoms with Gasteiger partial charge in [-0.05, 0) is 19.1 Å². The van der Waals surface area contributed by atoms with Crippen LogP contribution in [0.3, 0.4) is 0 Å². The Balaban J connectivity index is 2.23. The number of aliphatic hydroxyl groups is 1. The van der Waals surface area contributed by atoms with Crippen molar-refractivity contribution in [3.63, 3.8) is 0 Å². The number of hydrogen-bond donors (Lipinski definition) is 2. The lowest BCUT2D eigenvalue weighted by Crippen LogP contribution is -2.15. The number of halogens is 1. The van der Waals surface area contributed by atoms with E-state index in [4.69, 9.17) is 4.74 Å². The molecule has 0 aliphatic heterocycles. The van der Waals surface area contributed by atoms with Gasteiger partial charge in [0.2, 0.25) is 0 Å². The molecular weight excluding hydrogens is 283 g/mol. The average molecular weight is 296 g/mol. The predicted molar refractivity (Wildman–Crippen MR) is 73.7 cm³/mol. The Kier molecular flexibility index (Phi) is 4.31. The fourth-order valence-corrected chi connectivity index (χ4v) is 2.38. The van der Waals surface area contributed by atoms with Gasteiger partial charge >= 0.3 is 0 Å². The van der Waals surface area contributed by atoms with Gasteiger partial charge in [0.15, 0.2) is 5.13 Å². The molecule has 0 spiro atoms. The maximum Gasteiger partial charge on any atom is 0.264 e. The van der Waals surface area contributed by atoms with Crippen molar-refractivity contribution in [3.8, 4) is 5.75 Å². The number of carbonyl (C=O) groups is 1. The predicted octanol–water partition coefficient (Wildman–Crippen LogP) is 2.60. The molecule has 0 saturated heterocycles. The lowest BCUT2D eigenvalue weighted by molar-refractivity contribution is 0.102. The zero-order valence-corrected chi connectivity index (χ0v) is 11.7. The van der Waals surface area contributed by atoms with Gasteiger partial charge in [0.05, 0.1) is 18.9 Å². The summed E-state index contributed by atoms with van der Waals surface area (Å²) in [5.41, 5.74) is 0.273. The summed E-state index contributed by atoms with van der Waals surface area (Å²) in [5, 5.41) is 13.8. The second-order valence-corrected chi connectivity index (χ2v) is 4.88. The smallest absolute Gasteiger partial charge is 0.264 e. The first-order chi connectivity index (χ1) is 9.52. The summed E-state index contributed by atoms with van der Waals surface area (Å²) in [4.78, 5) is 16.1. The Hall–Kier alpha value is -1.99. The number of methoxy groups -OCH3 is 1. The highest BCUT2D eigenvalue weighted by molar-refractivity contribution is 7.14. The molecule has 20 heavy (non-hydrogen) atoms. The number of anilines is 1. The highest BCUT2D eigenvalue weighted by atomic mass is 32.1. The van der Waals surface area contributed by atoms with Crippen LogP contribution >= 0.6 is 11.3 Å². The van der Waals surface area contributed by atoms with Gasteiger partial charge < -0.3 is 9.84 Å². The zero-order chi connectivity index (χ0) is 14.7. The number of carbonyl (C=O) groups excluding carboxylic acids is 1. The lowest BCUT2D eigenvalue weighted by atomic mass is 10.1. The summed E-state index contributed by atoms with van der Waals surface area (Å²) in [6.45, 7) is 1.57. The molecule has 106 valence electrons. The van der Waals surface area contributed by atoms with Crippen molar-refractivity contribution in [3.05, 3.63) is 40.7 Å². The molecule has 1 unspecified atom stereocenters. The van der Waals surface area contributed by atoms with E-state index >= 15 is 0 Å². The first kappa shape index (κ1) is 14.4. The van der Waals surface area contributed by atoms with Crippen molar-refractivity contribution < 1.29 is 19.0 Å². The van der Waals surface area contributed by atoms with Crippen molar-refractivity contribution in [2.75, 3.05) is 12.4 Å². The van der Waals surface area contributed by atoms with Crippen LogP contribution in [-0.2, 0) is 0 Å². The summed E-state index contributed by atoms with van der Waals surface area (Å²) in [6, 6.07) is 4.14. The van der Waals surface area contributed by atoms with Crippen LogP contribution in [0.1, 0.15) is 29.1 Å². The SMILES string of the molecule is COc1cccc(F)c1C(=O)Nc1nc(C(C)O)cs1. The average Bonchev–Trinajstić information content (AvgIpc) is 2.86. The van der Waals surface area contributed by atoms with E-state index < -0.39 is 17.8 Å². The summed E-state index contributed by atoms with van der Waals surface area (Å²) in [7, 11) is 1.36. The van der Waals surface area contributed by atoms with E-state index in [9.17, 15) is 14.3 Å². The van der Waals surface area contributed by atoms with Gasteiger partial charge in [0.1, 0.15) is 17.1 Å². The molecule has 2 N–H and O–H groups in total. The molecule has 0 aliphatic rings. The Morgan fingerprint density at radius 2 is 2.30 bits per heavy atom. The van der Waals surface area contributed by atoms with Gasteiger partial charge in [-0.1, -0.05) is 6.07 Å². The van der Waals surface area contributed by atoms with Crippen molar-refractivity contribution in [2.24, 2.45) is 0 Å². The number of thiazole rings is 1. The quantitative estimate of drug-likeness (QED) is 0.909. The van der Waals surface area contributed by atoms with Crippen molar-refractivity contribution in [1.82, 2.24) is 4.98 Å². The minimum absolute atomic E-state index is 0.148. The number of benzene rings is 1. The van der Waals surface area contributed by atoms with Gasteiger partial charge in [-0.15, -0.1) is 11.3 Å². The van der Waals surface area contributed by atoms with Crippen LogP contribution in [0, 0.1) is 5.82 Å². The van der Waals surface area contributed by atoms with Crippen LogP contribution in [0.5, 0.6) is 5.75 Å². The highest BCUT2D eigenvalue weighted by Gasteiger charge is 2.19. The van der Waals surface area contributed by atoms with Gasteiger partial charge in [-0.25, -0.2) is 9.37 Å². The van der Waals surface area contributed by atoms with Crippen LogP contribution < -0.4 is 10.1 Å². The molecule has 1 aromatic carbocycles. The topological polar surface area (TPSA) is 71.5 Å². The third-order valence-corrected chi connectivity index (χ3v) is 3.37. The summed E-state index contributed by atoms with van der Waals surface area (Å²) >= 11 is 1.15. The van der Waals surface area contributed by atoms with Crippen molar-refractivity contribution in [2.45, 2.75) is 13.0 Å². The largest absolute Gasteiger partial charge is 0.496 e. The second-order valence-electron chi connectivity index (χ2n) is 4.02. The number of rotatable bonds is 4. The van der Waals surface area contributed by atoms with Crippen LogP contribution in [0.15, 0.2) is 23.6 Å². The number of amides is 1. The van der Waals surface area contributed by atoms with Gasteiger partial charge in [-0.3, -0.25) is 10.1 Å². The Bertz CT molecular complexity index is 628. The van der Waals surface area contributed by atoms with Crippen LogP contribution in [0.4, 0.5) is 9.52 Å². The van der Waals surface area contributed by atoms with Crippen molar-refractivity contribution >= 4 is 22.4 Å². The third kappa shape index (κ3) is 2.94. The standard InChI is InChI=1S/C13H13FN2O3S/c1-7(17)9-6-20-13(15-9)16-12(18)11-8(14)4-3-5-10(11)19-2/h3-7,17H,1-2H3,(H,15,16,18). The van der Waals surface area contributed by atoms with E-state index in [0.717, 1.165) is 11.3 Å². The maximum absolute atomic E-state index is 13.7. The zero-order valence-electron chi connectivity index (χ0n) is 10.9. The Labute approximate surface area is 119 Å². The number of hydrogen-bond acceptors (Lipinski definition) is 5. The molecular formula is C13H13FN2O3S. The number of aromatic nitrogens is 1. The number of nitrogens with one attached hydrogen (secondary N) is 1. The molecule has 0 aliphatic carbocycles. The molecule has 1 aromatic heterocycles. The summed E-state index contributed by atoms with van der Waals surface area (Å²) < 4.78 is 18.7. The fourth-order valence-electron chi connectivity index (χ4n) is 1.59. The molecule has 0 bridgehead atoms. The Morgan fingerprint density at radius 3 is 2.90 bits per heavy atom. The maximum atomic E-state index is 13.7. The molecule has 1 amide bonds. The third-order valence-electron chi connectivity index (χ3n) is 2.59. The number of nitrogens with zero attached hydrogens (tertiary/aromatic N) is 1. The van der Waals surface area contributed by atoms with E-state index in [1.807, 2.05) is 0 Å². The number of aliphatic hydroxyl groups excluding tert-OH is 1. The van der Waals surface area contributed by atoms with Crippen LogP contribution in [0.25, 0.3) is 0 Å². The normalized spacial score (nSPS) is 12.0. The van der Waals surface area contributed by atoms with E-state index in [-0.39, 0.29) is 16.4 Å². The Morgan fingerprint density at radius 1 is 1.55 bits per heavy atom. The van der Waals surface area contributed by atoms with E-state index in [0.29, 0.717) is 5.69 Å². The van der Waals surface area contributed by atoms with Gasteiger partial charge in [0, 0.05) is 5.38 Å². The molecule has 1 atom stereocenters. The summed E-state index contributed by atoms with van der Waals surface area (Å²) in [6.07, 6.45) is -0.722. The van der Waals surface area contributed by atoms with Crippen LogP contribution in [0.2, 0.25) is 0 Å². The molecule has 0 fully saturated rings. The first-order valence-corrected chi connectivity index (χ1v) is 6.68. The molecule has 0 saturated carbocycles. The van der Waals surface area contributed by atoms with E-state index in [1.165, 1.54) is 25.3 Å². The molecule has 2 aromatic rings. The number of ether oxygens (including phenoxy) is 1. The van der Waals surface area contributed by atoms with E-state index in [1.54, 1.807) is 12.3 Å². The molecule has 1 heterocycles. The minimum Gasteiger partial charge on any atom is -0.496 e.